The molecule has 0 N–H and O–H groups in total. The summed E-state index contributed by atoms with van der Waals surface area (Å²) in [6.07, 6.45) is 4.02. The third-order valence-electron chi connectivity index (χ3n) is 9.06. The second-order valence-corrected chi connectivity index (χ2v) is 13.8. The van der Waals surface area contributed by atoms with E-state index in [4.69, 9.17) is 0 Å². The van der Waals surface area contributed by atoms with Crippen LogP contribution in [0.3, 0.4) is 0 Å². The van der Waals surface area contributed by atoms with E-state index in [-0.39, 0.29) is 36.1 Å². The molecule has 0 unspecified atom stereocenters. The highest BCUT2D eigenvalue weighted by atomic mass is 35.5. The van der Waals surface area contributed by atoms with Gasteiger partial charge in [0.1, 0.15) is 0 Å². The average Bonchev–Trinajstić information content (AvgIpc) is 3.43. The summed E-state index contributed by atoms with van der Waals surface area (Å²) in [6, 6.07) is 18.5. The van der Waals surface area contributed by atoms with Crippen LogP contribution in [0, 0.1) is 11.3 Å². The molecule has 0 aromatic heterocycles. The maximum atomic E-state index is 13.5. The Kier molecular flexibility index (Phi) is 10.5. The molecule has 0 radical (unpaired) electrons. The summed E-state index contributed by atoms with van der Waals surface area (Å²) in [5.41, 5.74) is 2.22. The summed E-state index contributed by atoms with van der Waals surface area (Å²) in [5, 5.41) is 0. The zero-order valence-corrected chi connectivity index (χ0v) is 25.7. The van der Waals surface area contributed by atoms with Gasteiger partial charge in [-0.3, -0.25) is 9.69 Å². The van der Waals surface area contributed by atoms with Gasteiger partial charge >= 0.3 is 0 Å². The lowest BCUT2D eigenvalue weighted by molar-refractivity contribution is -0.139. The van der Waals surface area contributed by atoms with Crippen LogP contribution in [0.2, 0.25) is 0 Å². The Hall–Kier alpha value is -1.64. The van der Waals surface area contributed by atoms with Crippen LogP contribution in [0.1, 0.15) is 50.2 Å². The van der Waals surface area contributed by atoms with Crippen molar-refractivity contribution in [3.8, 4) is 0 Å². The predicted molar refractivity (Wildman–Crippen MR) is 162 cm³/mol. The molecule has 3 fully saturated rings. The van der Waals surface area contributed by atoms with Crippen molar-refractivity contribution in [1.82, 2.24) is 14.7 Å². The van der Waals surface area contributed by atoms with E-state index < -0.39 is 9.84 Å². The van der Waals surface area contributed by atoms with E-state index >= 15 is 0 Å². The number of benzene rings is 2. The number of nitrogens with zero attached hydrogens (tertiary/aromatic N) is 3. The molecule has 1 spiro atoms. The summed E-state index contributed by atoms with van der Waals surface area (Å²) in [5.74, 6) is 1.47. The van der Waals surface area contributed by atoms with E-state index in [9.17, 15) is 13.2 Å². The quantitative estimate of drug-likeness (QED) is 0.457. The van der Waals surface area contributed by atoms with Crippen LogP contribution in [0.15, 0.2) is 59.5 Å². The largest absolute Gasteiger partial charge is 0.338 e. The van der Waals surface area contributed by atoms with E-state index in [0.717, 1.165) is 64.1 Å². The second-order valence-electron chi connectivity index (χ2n) is 11.8. The Bertz CT molecular complexity index is 1200. The molecular weight excluding hydrogens is 553 g/mol. The van der Waals surface area contributed by atoms with E-state index in [0.29, 0.717) is 29.3 Å². The van der Waals surface area contributed by atoms with Crippen molar-refractivity contribution in [3.05, 3.63) is 65.7 Å². The third-order valence-corrected chi connectivity index (χ3v) is 10.2. The topological polar surface area (TPSA) is 60.9 Å². The fourth-order valence-electron chi connectivity index (χ4n) is 6.65. The minimum atomic E-state index is -3.21. The van der Waals surface area contributed by atoms with Gasteiger partial charge in [0.2, 0.25) is 5.91 Å². The van der Waals surface area contributed by atoms with Gasteiger partial charge in [-0.25, -0.2) is 8.42 Å². The van der Waals surface area contributed by atoms with Crippen molar-refractivity contribution in [3.63, 3.8) is 0 Å². The van der Waals surface area contributed by atoms with Gasteiger partial charge in [-0.15, -0.1) is 24.8 Å². The number of amides is 1. The molecule has 2 aromatic rings. The van der Waals surface area contributed by atoms with Crippen LogP contribution in [-0.2, 0) is 21.2 Å². The lowest BCUT2D eigenvalue weighted by Gasteiger charge is -2.39. The Labute approximate surface area is 246 Å². The van der Waals surface area contributed by atoms with Gasteiger partial charge in [0.05, 0.1) is 10.3 Å². The zero-order chi connectivity index (χ0) is 26.2. The third kappa shape index (κ3) is 6.99. The average molecular weight is 597 g/mol. The summed E-state index contributed by atoms with van der Waals surface area (Å²) < 4.78 is 23.5. The van der Waals surface area contributed by atoms with Crippen molar-refractivity contribution in [2.45, 2.75) is 56.5 Å². The maximum absolute atomic E-state index is 13.5. The van der Waals surface area contributed by atoms with Gasteiger partial charge in [-0.1, -0.05) is 42.5 Å². The first-order valence-corrected chi connectivity index (χ1v) is 15.6. The molecule has 39 heavy (non-hydrogen) atoms. The summed E-state index contributed by atoms with van der Waals surface area (Å²) in [4.78, 5) is 21.1. The molecule has 3 saturated heterocycles. The second kappa shape index (κ2) is 12.9. The van der Waals surface area contributed by atoms with E-state index in [2.05, 4.69) is 54.0 Å². The molecule has 9 heteroatoms. The minimum absolute atomic E-state index is 0. The molecule has 216 valence electrons. The molecule has 2 atom stereocenters. The first kappa shape index (κ1) is 31.9. The first-order valence-electron chi connectivity index (χ1n) is 13.7. The number of piperidine rings is 1. The van der Waals surface area contributed by atoms with E-state index in [1.165, 1.54) is 11.8 Å². The van der Waals surface area contributed by atoms with Crippen LogP contribution in [-0.4, -0.2) is 80.6 Å². The molecule has 3 heterocycles. The standard InChI is InChI=1S/C30H41N3O3S.2ClH/c1-23(2)33-21-26(28(22-33)25-7-5-4-6-8-25)20-31-16-13-30(14-17-31)15-18-32(29(30)34)19-24-9-11-27(12-10-24)37(3,35)36;;/h4-12,23,26,28H,13-22H2,1-3H3;2*1H/t26-,28+;;/m0../s1. The zero-order valence-electron chi connectivity index (χ0n) is 23.3. The highest BCUT2D eigenvalue weighted by molar-refractivity contribution is 7.90. The number of likely N-dealkylation sites (tertiary alicyclic amines) is 3. The molecule has 1 amide bonds. The van der Waals surface area contributed by atoms with Crippen molar-refractivity contribution in [1.29, 1.82) is 0 Å². The van der Waals surface area contributed by atoms with Crippen LogP contribution in [0.5, 0.6) is 0 Å². The molecule has 5 rings (SSSR count). The Morgan fingerprint density at radius 1 is 0.897 bits per heavy atom. The SMILES string of the molecule is CC(C)N1C[C@H](CN2CCC3(CC2)CCN(Cc2ccc(S(C)(=O)=O)cc2)C3=O)[C@@H](c2ccccc2)C1.Cl.Cl. The van der Waals surface area contributed by atoms with Crippen LogP contribution in [0.4, 0.5) is 0 Å². The van der Waals surface area contributed by atoms with Gasteiger partial charge in [-0.2, -0.15) is 0 Å². The van der Waals surface area contributed by atoms with Gasteiger partial charge in [-0.05, 0) is 75.4 Å². The summed E-state index contributed by atoms with van der Waals surface area (Å²) in [6.45, 7) is 11.3. The molecule has 3 aliphatic heterocycles. The summed E-state index contributed by atoms with van der Waals surface area (Å²) in [7, 11) is -3.21. The first-order chi connectivity index (χ1) is 17.6. The van der Waals surface area contributed by atoms with Crippen LogP contribution in [0.25, 0.3) is 0 Å². The molecule has 0 bridgehead atoms. The summed E-state index contributed by atoms with van der Waals surface area (Å²) >= 11 is 0. The Morgan fingerprint density at radius 2 is 1.51 bits per heavy atom. The smallest absolute Gasteiger partial charge is 0.229 e. The predicted octanol–water partition coefficient (Wildman–Crippen LogP) is 4.87. The number of hydrogen-bond acceptors (Lipinski definition) is 5. The normalized spacial score (nSPS) is 23.7. The van der Waals surface area contributed by atoms with Crippen LogP contribution < -0.4 is 0 Å². The molecular formula is C30H43Cl2N3O3S. The van der Waals surface area contributed by atoms with Crippen molar-refractivity contribution in [2.75, 3.05) is 45.5 Å². The number of carbonyl (C=O) groups is 1. The van der Waals surface area contributed by atoms with E-state index in [1.807, 2.05) is 17.0 Å². The van der Waals surface area contributed by atoms with Gasteiger partial charge < -0.3 is 9.80 Å². The monoisotopic (exact) mass is 595 g/mol. The highest BCUT2D eigenvalue weighted by Gasteiger charge is 2.48. The van der Waals surface area contributed by atoms with Crippen molar-refractivity contribution < 1.29 is 13.2 Å². The lowest BCUT2D eigenvalue weighted by atomic mass is 9.76. The maximum Gasteiger partial charge on any atom is 0.229 e. The van der Waals surface area contributed by atoms with Crippen molar-refractivity contribution >= 4 is 40.6 Å². The number of rotatable bonds is 7. The Morgan fingerprint density at radius 3 is 2.10 bits per heavy atom. The number of hydrogen-bond donors (Lipinski definition) is 0. The van der Waals surface area contributed by atoms with Crippen molar-refractivity contribution in [2.24, 2.45) is 11.3 Å². The van der Waals surface area contributed by atoms with E-state index in [1.54, 1.807) is 12.1 Å². The minimum Gasteiger partial charge on any atom is -0.338 e. The number of carbonyl (C=O) groups excluding carboxylic acids is 1. The molecule has 2 aromatic carbocycles. The number of sulfone groups is 1. The lowest BCUT2D eigenvalue weighted by Crippen LogP contribution is -2.46. The molecule has 3 aliphatic rings. The number of halogens is 2. The molecule has 0 saturated carbocycles. The Balaban J connectivity index is 0.00000210. The van der Waals surface area contributed by atoms with Gasteiger partial charge in [0, 0.05) is 50.9 Å². The molecule has 0 aliphatic carbocycles. The fraction of sp³-hybridized carbons (Fsp3) is 0.567. The van der Waals surface area contributed by atoms with Gasteiger partial charge in [0.15, 0.2) is 9.84 Å². The van der Waals surface area contributed by atoms with Crippen LogP contribution >= 0.6 is 24.8 Å². The van der Waals surface area contributed by atoms with Gasteiger partial charge in [0.25, 0.3) is 0 Å². The molecule has 6 nitrogen and oxygen atoms in total. The highest BCUT2D eigenvalue weighted by Crippen LogP contribution is 2.43. The fourth-order valence-corrected chi connectivity index (χ4v) is 7.28.